The van der Waals surface area contributed by atoms with E-state index in [1.165, 1.54) is 18.2 Å². The highest BCUT2D eigenvalue weighted by molar-refractivity contribution is 7.99. The summed E-state index contributed by atoms with van der Waals surface area (Å²) in [5, 5.41) is 8.44. The molecule has 3 rings (SSSR count). The molecule has 1 saturated heterocycles. The first-order valence-electron chi connectivity index (χ1n) is 7.99. The molecule has 0 aromatic carbocycles. The molecule has 1 aliphatic heterocycles. The van der Waals surface area contributed by atoms with Gasteiger partial charge in [0.25, 0.3) is 11.1 Å². The van der Waals surface area contributed by atoms with Gasteiger partial charge in [-0.25, -0.2) is 0 Å². The Hall–Kier alpha value is -1.76. The molecule has 0 radical (unpaired) electrons. The van der Waals surface area contributed by atoms with Crippen LogP contribution in [-0.2, 0) is 4.79 Å². The monoisotopic (exact) mass is 335 g/mol. The number of furan rings is 1. The summed E-state index contributed by atoms with van der Waals surface area (Å²) < 4.78 is 10.8. The molecule has 7 heteroatoms. The number of amides is 1. The third kappa shape index (κ3) is 3.60. The standard InChI is InChI=1S/C16H21N3O3S/c1-3-12-6-4-5-8-19(12)14(20)10-23-16-18-17-15(22-16)13-7-9-21-11(13)2/h7,9,12H,3-6,8,10H2,1-2H3. The second-order valence-corrected chi connectivity index (χ2v) is 6.62. The molecule has 0 spiro atoms. The lowest BCUT2D eigenvalue weighted by Crippen LogP contribution is -2.44. The fourth-order valence-electron chi connectivity index (χ4n) is 2.94. The van der Waals surface area contributed by atoms with E-state index >= 15 is 0 Å². The van der Waals surface area contributed by atoms with Gasteiger partial charge in [-0.05, 0) is 38.7 Å². The van der Waals surface area contributed by atoms with Gasteiger partial charge in [0, 0.05) is 12.6 Å². The molecule has 6 nitrogen and oxygen atoms in total. The van der Waals surface area contributed by atoms with Crippen LogP contribution in [0, 0.1) is 6.92 Å². The van der Waals surface area contributed by atoms with E-state index in [2.05, 4.69) is 17.1 Å². The lowest BCUT2D eigenvalue weighted by Gasteiger charge is -2.35. The zero-order valence-electron chi connectivity index (χ0n) is 13.4. The van der Waals surface area contributed by atoms with Crippen molar-refractivity contribution in [3.8, 4) is 11.5 Å². The van der Waals surface area contributed by atoms with Gasteiger partial charge in [-0.3, -0.25) is 4.79 Å². The Morgan fingerprint density at radius 3 is 3.04 bits per heavy atom. The Balaban J connectivity index is 1.59. The second-order valence-electron chi connectivity index (χ2n) is 5.70. The molecule has 0 aliphatic carbocycles. The van der Waals surface area contributed by atoms with Crippen molar-refractivity contribution < 1.29 is 13.6 Å². The number of piperidine rings is 1. The summed E-state index contributed by atoms with van der Waals surface area (Å²) in [6, 6.07) is 2.17. The second kappa shape index (κ2) is 7.21. The molecule has 2 aromatic heterocycles. The van der Waals surface area contributed by atoms with Crippen molar-refractivity contribution in [1.29, 1.82) is 0 Å². The molecule has 23 heavy (non-hydrogen) atoms. The molecular formula is C16H21N3O3S. The van der Waals surface area contributed by atoms with Crippen molar-refractivity contribution in [2.24, 2.45) is 0 Å². The van der Waals surface area contributed by atoms with E-state index in [1.54, 1.807) is 12.3 Å². The number of thioether (sulfide) groups is 1. The lowest BCUT2D eigenvalue weighted by molar-refractivity contribution is -0.132. The number of nitrogens with zero attached hydrogens (tertiary/aromatic N) is 3. The number of carbonyl (C=O) groups excluding carboxylic acids is 1. The number of likely N-dealkylation sites (tertiary alicyclic amines) is 1. The fraction of sp³-hybridized carbons (Fsp3) is 0.562. The van der Waals surface area contributed by atoms with Gasteiger partial charge in [-0.1, -0.05) is 18.7 Å². The quantitative estimate of drug-likeness (QED) is 0.779. The van der Waals surface area contributed by atoms with Crippen LogP contribution in [0.15, 0.2) is 26.4 Å². The summed E-state index contributed by atoms with van der Waals surface area (Å²) in [6.45, 7) is 4.85. The normalized spacial score (nSPS) is 18.3. The van der Waals surface area contributed by atoms with E-state index in [-0.39, 0.29) is 5.91 Å². The van der Waals surface area contributed by atoms with Gasteiger partial charge in [0.2, 0.25) is 5.91 Å². The van der Waals surface area contributed by atoms with Gasteiger partial charge in [0.1, 0.15) is 5.76 Å². The van der Waals surface area contributed by atoms with Crippen molar-refractivity contribution >= 4 is 17.7 Å². The largest absolute Gasteiger partial charge is 0.469 e. The fourth-order valence-corrected chi connectivity index (χ4v) is 3.59. The number of hydrogen-bond donors (Lipinski definition) is 0. The first kappa shape index (κ1) is 16.1. The van der Waals surface area contributed by atoms with Crippen LogP contribution in [0.3, 0.4) is 0 Å². The molecule has 3 heterocycles. The number of hydrogen-bond acceptors (Lipinski definition) is 6. The summed E-state index contributed by atoms with van der Waals surface area (Å²) in [5.74, 6) is 1.65. The molecule has 0 saturated carbocycles. The van der Waals surface area contributed by atoms with Crippen LogP contribution in [0.25, 0.3) is 11.5 Å². The zero-order valence-corrected chi connectivity index (χ0v) is 14.3. The Morgan fingerprint density at radius 2 is 2.30 bits per heavy atom. The molecule has 0 N–H and O–H groups in total. The van der Waals surface area contributed by atoms with Crippen LogP contribution in [0.4, 0.5) is 0 Å². The van der Waals surface area contributed by atoms with E-state index in [4.69, 9.17) is 8.83 Å². The Morgan fingerprint density at radius 1 is 1.43 bits per heavy atom. The first-order valence-corrected chi connectivity index (χ1v) is 8.98. The minimum absolute atomic E-state index is 0.154. The summed E-state index contributed by atoms with van der Waals surface area (Å²) in [5.41, 5.74) is 0.790. The Labute approximate surface area is 139 Å². The average Bonchev–Trinajstić information content (AvgIpc) is 3.21. The SMILES string of the molecule is CCC1CCCCN1C(=O)CSc1nnc(-c2ccoc2C)o1. The highest BCUT2D eigenvalue weighted by Gasteiger charge is 2.25. The van der Waals surface area contributed by atoms with Crippen LogP contribution < -0.4 is 0 Å². The zero-order chi connectivity index (χ0) is 16.2. The van der Waals surface area contributed by atoms with Crippen LogP contribution in [0.5, 0.6) is 0 Å². The minimum Gasteiger partial charge on any atom is -0.469 e. The van der Waals surface area contributed by atoms with Crippen LogP contribution >= 0.6 is 11.8 Å². The summed E-state index contributed by atoms with van der Waals surface area (Å²) in [4.78, 5) is 14.4. The van der Waals surface area contributed by atoms with Crippen molar-refractivity contribution in [1.82, 2.24) is 15.1 Å². The van der Waals surface area contributed by atoms with Gasteiger partial charge in [-0.2, -0.15) is 0 Å². The predicted molar refractivity (Wildman–Crippen MR) is 87.1 cm³/mol. The maximum Gasteiger partial charge on any atom is 0.277 e. The minimum atomic E-state index is 0.154. The van der Waals surface area contributed by atoms with E-state index in [0.717, 1.165) is 37.1 Å². The van der Waals surface area contributed by atoms with Crippen LogP contribution in [0.1, 0.15) is 38.4 Å². The smallest absolute Gasteiger partial charge is 0.277 e. The maximum absolute atomic E-state index is 12.4. The predicted octanol–water partition coefficient (Wildman–Crippen LogP) is 3.52. The number of aryl methyl sites for hydroxylation is 1. The summed E-state index contributed by atoms with van der Waals surface area (Å²) in [6.07, 6.45) is 6.02. The molecule has 0 bridgehead atoms. The molecule has 2 aromatic rings. The van der Waals surface area contributed by atoms with Gasteiger partial charge in [0.05, 0.1) is 17.6 Å². The van der Waals surface area contributed by atoms with Crippen molar-refractivity contribution in [3.05, 3.63) is 18.1 Å². The number of rotatable bonds is 5. The molecule has 1 atom stereocenters. The average molecular weight is 335 g/mol. The van der Waals surface area contributed by atoms with Crippen molar-refractivity contribution in [3.63, 3.8) is 0 Å². The molecular weight excluding hydrogens is 314 g/mol. The first-order chi connectivity index (χ1) is 11.2. The van der Waals surface area contributed by atoms with Crippen LogP contribution in [-0.4, -0.2) is 39.3 Å². The lowest BCUT2D eigenvalue weighted by atomic mass is 10.0. The molecule has 1 fully saturated rings. The number of carbonyl (C=O) groups is 1. The molecule has 1 aliphatic rings. The van der Waals surface area contributed by atoms with Gasteiger partial charge in [-0.15, -0.1) is 10.2 Å². The highest BCUT2D eigenvalue weighted by atomic mass is 32.2. The van der Waals surface area contributed by atoms with Gasteiger partial charge in [0.15, 0.2) is 0 Å². The van der Waals surface area contributed by atoms with E-state index in [9.17, 15) is 4.79 Å². The third-order valence-electron chi connectivity index (χ3n) is 4.23. The van der Waals surface area contributed by atoms with E-state index in [1.807, 2.05) is 11.8 Å². The highest BCUT2D eigenvalue weighted by Crippen LogP contribution is 2.27. The van der Waals surface area contributed by atoms with Crippen LogP contribution in [0.2, 0.25) is 0 Å². The Kier molecular flexibility index (Phi) is 5.05. The Bertz CT molecular complexity index is 667. The molecule has 1 amide bonds. The van der Waals surface area contributed by atoms with Crippen molar-refractivity contribution in [2.75, 3.05) is 12.3 Å². The van der Waals surface area contributed by atoms with Gasteiger partial charge < -0.3 is 13.7 Å². The number of aromatic nitrogens is 2. The summed E-state index contributed by atoms with van der Waals surface area (Å²) >= 11 is 1.30. The van der Waals surface area contributed by atoms with E-state index < -0.39 is 0 Å². The van der Waals surface area contributed by atoms with Gasteiger partial charge >= 0.3 is 0 Å². The molecule has 124 valence electrons. The maximum atomic E-state index is 12.4. The van der Waals surface area contributed by atoms with E-state index in [0.29, 0.717) is 22.9 Å². The molecule has 1 unspecified atom stereocenters. The topological polar surface area (TPSA) is 72.4 Å². The summed E-state index contributed by atoms with van der Waals surface area (Å²) in [7, 11) is 0. The third-order valence-corrected chi connectivity index (χ3v) is 5.04. The van der Waals surface area contributed by atoms with Crippen molar-refractivity contribution in [2.45, 2.75) is 50.8 Å².